The van der Waals surface area contributed by atoms with Crippen molar-refractivity contribution in [2.75, 3.05) is 5.32 Å². The second-order valence-corrected chi connectivity index (χ2v) is 13.5. The van der Waals surface area contributed by atoms with E-state index in [0.717, 1.165) is 45.5 Å². The van der Waals surface area contributed by atoms with Gasteiger partial charge in [-0.1, -0.05) is 136 Å². The first kappa shape index (κ1) is 32.6. The summed E-state index contributed by atoms with van der Waals surface area (Å²) in [5.74, 6) is -0.319. The van der Waals surface area contributed by atoms with Gasteiger partial charge in [-0.05, 0) is 88.7 Å². The molecule has 3 nitrogen and oxygen atoms in total. The van der Waals surface area contributed by atoms with Gasteiger partial charge in [-0.25, -0.2) is 0 Å². The highest BCUT2D eigenvalue weighted by molar-refractivity contribution is 5.97. The monoisotopic (exact) mass is 607 g/mol. The maximum Gasteiger partial charge on any atom is 0.232 e. The zero-order valence-electron chi connectivity index (χ0n) is 28.0. The van der Waals surface area contributed by atoms with Crippen LogP contribution >= 0.6 is 0 Å². The van der Waals surface area contributed by atoms with E-state index in [1.165, 1.54) is 22.3 Å². The second kappa shape index (κ2) is 14.1. The number of hydrogen-bond acceptors (Lipinski definition) is 2. The molecule has 0 radical (unpaired) electrons. The number of ketones is 1. The number of hydrogen-bond donors (Lipinski definition) is 1. The van der Waals surface area contributed by atoms with Gasteiger partial charge in [-0.15, -0.1) is 0 Å². The van der Waals surface area contributed by atoms with Gasteiger partial charge in [-0.2, -0.15) is 0 Å². The predicted molar refractivity (Wildman–Crippen MR) is 193 cm³/mol. The first-order chi connectivity index (χ1) is 22.0. The van der Waals surface area contributed by atoms with E-state index in [9.17, 15) is 9.59 Å². The van der Waals surface area contributed by atoms with Crippen LogP contribution in [0.2, 0.25) is 0 Å². The summed E-state index contributed by atoms with van der Waals surface area (Å²) in [6.45, 7) is 12.9. The van der Waals surface area contributed by atoms with E-state index < -0.39 is 5.92 Å². The molecule has 5 rings (SSSR count). The summed E-state index contributed by atoms with van der Waals surface area (Å²) in [6, 6.07) is 39.3. The van der Waals surface area contributed by atoms with E-state index >= 15 is 0 Å². The lowest BCUT2D eigenvalue weighted by Crippen LogP contribution is -2.23. The van der Waals surface area contributed by atoms with Crippen molar-refractivity contribution in [3.8, 4) is 22.3 Å². The summed E-state index contributed by atoms with van der Waals surface area (Å²) in [5, 5.41) is 3.18. The standard InChI is InChI=1S/C43H45NO2/c1-7-8-41(45)36-12-10-31(11-13-36)28-40(35-16-14-32(15-17-35)33-18-22-37(23-19-33)43(4,5)6)42(46)44-38-24-20-34(21-25-38)39-26-9-29(2)27-30(39)3/h9-27,40H,7-8,28H2,1-6H3,(H,44,46)/t40-/m0/s1. The van der Waals surface area contributed by atoms with Crippen molar-refractivity contribution in [3.63, 3.8) is 0 Å². The number of rotatable bonds is 10. The van der Waals surface area contributed by atoms with E-state index in [1.807, 2.05) is 43.3 Å². The van der Waals surface area contributed by atoms with Crippen LogP contribution < -0.4 is 5.32 Å². The van der Waals surface area contributed by atoms with Crippen molar-refractivity contribution in [1.29, 1.82) is 0 Å². The molecule has 0 aliphatic rings. The molecule has 3 heteroatoms. The third kappa shape index (κ3) is 7.90. The van der Waals surface area contributed by atoms with E-state index in [2.05, 4.69) is 119 Å². The fourth-order valence-electron chi connectivity index (χ4n) is 5.97. The third-order valence-electron chi connectivity index (χ3n) is 8.75. The summed E-state index contributed by atoms with van der Waals surface area (Å²) < 4.78 is 0. The van der Waals surface area contributed by atoms with Gasteiger partial charge in [0, 0.05) is 17.7 Å². The molecule has 1 atom stereocenters. The van der Waals surface area contributed by atoms with Gasteiger partial charge in [0.1, 0.15) is 0 Å². The number of Topliss-reactive ketones (excluding diaryl/α,β-unsaturated/α-hetero) is 1. The zero-order valence-corrected chi connectivity index (χ0v) is 28.0. The Morgan fingerprint density at radius 3 is 1.85 bits per heavy atom. The summed E-state index contributed by atoms with van der Waals surface area (Å²) in [7, 11) is 0. The molecule has 5 aromatic carbocycles. The molecule has 1 N–H and O–H groups in total. The highest BCUT2D eigenvalue weighted by atomic mass is 16.2. The number of aryl methyl sites for hydroxylation is 2. The van der Waals surface area contributed by atoms with Gasteiger partial charge in [-0.3, -0.25) is 9.59 Å². The molecule has 0 aromatic heterocycles. The molecule has 0 fully saturated rings. The topological polar surface area (TPSA) is 46.2 Å². The number of anilines is 1. The van der Waals surface area contributed by atoms with Crippen LogP contribution in [0.5, 0.6) is 0 Å². The summed E-state index contributed by atoms with van der Waals surface area (Å²) in [5.41, 5.74) is 11.9. The van der Waals surface area contributed by atoms with E-state index in [1.54, 1.807) is 0 Å². The Bertz CT molecular complexity index is 1790. The van der Waals surface area contributed by atoms with Crippen LogP contribution in [0.15, 0.2) is 115 Å². The Morgan fingerprint density at radius 2 is 1.28 bits per heavy atom. The highest BCUT2D eigenvalue weighted by Crippen LogP contribution is 2.30. The van der Waals surface area contributed by atoms with Crippen LogP contribution in [0.4, 0.5) is 5.69 Å². The molecule has 46 heavy (non-hydrogen) atoms. The smallest absolute Gasteiger partial charge is 0.232 e. The van der Waals surface area contributed by atoms with Crippen LogP contribution in [0, 0.1) is 13.8 Å². The van der Waals surface area contributed by atoms with Crippen LogP contribution in [0.1, 0.15) is 84.6 Å². The Hall–Kier alpha value is -4.76. The fourth-order valence-corrected chi connectivity index (χ4v) is 5.97. The van der Waals surface area contributed by atoms with Crippen LogP contribution in [-0.4, -0.2) is 11.7 Å². The average Bonchev–Trinajstić information content (AvgIpc) is 3.04. The quantitative estimate of drug-likeness (QED) is 0.161. The number of nitrogens with one attached hydrogen (secondary N) is 1. The number of benzene rings is 5. The second-order valence-electron chi connectivity index (χ2n) is 13.5. The third-order valence-corrected chi connectivity index (χ3v) is 8.75. The maximum atomic E-state index is 13.9. The average molecular weight is 608 g/mol. The van der Waals surface area contributed by atoms with Gasteiger partial charge < -0.3 is 5.32 Å². The molecule has 0 aliphatic carbocycles. The zero-order chi connectivity index (χ0) is 32.8. The van der Waals surface area contributed by atoms with Crippen molar-refractivity contribution in [3.05, 3.63) is 149 Å². The summed E-state index contributed by atoms with van der Waals surface area (Å²) in [6.07, 6.45) is 1.89. The van der Waals surface area contributed by atoms with Gasteiger partial charge in [0.15, 0.2) is 5.78 Å². The van der Waals surface area contributed by atoms with Crippen molar-refractivity contribution >= 4 is 17.4 Å². The van der Waals surface area contributed by atoms with Gasteiger partial charge >= 0.3 is 0 Å². The number of carbonyl (C=O) groups is 2. The van der Waals surface area contributed by atoms with E-state index in [4.69, 9.17) is 0 Å². The van der Waals surface area contributed by atoms with Gasteiger partial charge in [0.2, 0.25) is 5.91 Å². The lowest BCUT2D eigenvalue weighted by Gasteiger charge is -2.20. The molecular weight excluding hydrogens is 562 g/mol. The Morgan fingerprint density at radius 1 is 0.696 bits per heavy atom. The van der Waals surface area contributed by atoms with E-state index in [0.29, 0.717) is 12.8 Å². The molecule has 0 saturated carbocycles. The molecule has 1 amide bonds. The molecular formula is C43H45NO2. The molecule has 0 heterocycles. The minimum Gasteiger partial charge on any atom is -0.326 e. The van der Waals surface area contributed by atoms with Crippen molar-refractivity contribution in [2.45, 2.75) is 72.1 Å². The summed E-state index contributed by atoms with van der Waals surface area (Å²) in [4.78, 5) is 26.4. The Kier molecular flexibility index (Phi) is 10.0. The summed E-state index contributed by atoms with van der Waals surface area (Å²) >= 11 is 0. The maximum absolute atomic E-state index is 13.9. The normalized spacial score (nSPS) is 12.0. The van der Waals surface area contributed by atoms with Gasteiger partial charge in [0.25, 0.3) is 0 Å². The van der Waals surface area contributed by atoms with Gasteiger partial charge in [0.05, 0.1) is 5.92 Å². The van der Waals surface area contributed by atoms with Crippen molar-refractivity contribution in [2.24, 2.45) is 0 Å². The largest absolute Gasteiger partial charge is 0.326 e. The minimum absolute atomic E-state index is 0.0623. The lowest BCUT2D eigenvalue weighted by atomic mass is 9.86. The Labute approximate surface area is 274 Å². The first-order valence-corrected chi connectivity index (χ1v) is 16.3. The predicted octanol–water partition coefficient (Wildman–Crippen LogP) is 10.9. The Balaban J connectivity index is 1.39. The lowest BCUT2D eigenvalue weighted by molar-refractivity contribution is -0.117. The SMILES string of the molecule is CCCC(=O)c1ccc(C[C@H](C(=O)Nc2ccc(-c3ccc(C)cc3C)cc2)c2ccc(-c3ccc(C(C)(C)C)cc3)cc2)cc1. The molecule has 0 aliphatic heterocycles. The minimum atomic E-state index is -0.409. The van der Waals surface area contributed by atoms with Crippen LogP contribution in [0.25, 0.3) is 22.3 Å². The van der Waals surface area contributed by atoms with Crippen molar-refractivity contribution in [1.82, 2.24) is 0 Å². The number of amides is 1. The van der Waals surface area contributed by atoms with E-state index in [-0.39, 0.29) is 17.1 Å². The molecule has 0 saturated heterocycles. The molecule has 0 bridgehead atoms. The highest BCUT2D eigenvalue weighted by Gasteiger charge is 2.22. The molecule has 0 spiro atoms. The van der Waals surface area contributed by atoms with Crippen LogP contribution in [0.3, 0.4) is 0 Å². The molecule has 0 unspecified atom stereocenters. The van der Waals surface area contributed by atoms with Crippen LogP contribution in [-0.2, 0) is 16.6 Å². The molecule has 5 aromatic rings. The first-order valence-electron chi connectivity index (χ1n) is 16.3. The number of carbonyl (C=O) groups excluding carboxylic acids is 2. The fraction of sp³-hybridized carbons (Fsp3) is 0.256. The molecule has 234 valence electrons. The van der Waals surface area contributed by atoms with Crippen molar-refractivity contribution < 1.29 is 9.59 Å².